The van der Waals surface area contributed by atoms with Crippen LogP contribution in [0.15, 0.2) is 66.2 Å². The van der Waals surface area contributed by atoms with Gasteiger partial charge in [0.1, 0.15) is 11.6 Å². The monoisotopic (exact) mass is 523 g/mol. The van der Waals surface area contributed by atoms with Crippen LogP contribution in [0.3, 0.4) is 0 Å². The van der Waals surface area contributed by atoms with Crippen LogP contribution in [0.25, 0.3) is 6.08 Å². The molecule has 0 atom stereocenters. The highest BCUT2D eigenvalue weighted by Gasteiger charge is 2.16. The second kappa shape index (κ2) is 12.6. The lowest BCUT2D eigenvalue weighted by Crippen LogP contribution is -2.20. The lowest BCUT2D eigenvalue weighted by molar-refractivity contribution is -0.118. The van der Waals surface area contributed by atoms with Crippen molar-refractivity contribution in [2.45, 2.75) is 13.8 Å². The van der Waals surface area contributed by atoms with Crippen LogP contribution in [0.5, 0.6) is 11.5 Å². The molecule has 36 heavy (non-hydrogen) atoms. The Morgan fingerprint density at radius 3 is 2.42 bits per heavy atom. The number of ether oxygens (including phenoxy) is 2. The largest absolute Gasteiger partial charge is 0.490 e. The van der Waals surface area contributed by atoms with E-state index in [1.807, 2.05) is 25.1 Å². The van der Waals surface area contributed by atoms with Gasteiger partial charge in [0, 0.05) is 16.4 Å². The number of benzene rings is 3. The molecule has 3 rings (SSSR count). The Balaban J connectivity index is 1.76. The van der Waals surface area contributed by atoms with Crippen molar-refractivity contribution in [3.63, 3.8) is 0 Å². The summed E-state index contributed by atoms with van der Waals surface area (Å²) in [7, 11) is 0. The number of nitrogens with zero attached hydrogens (tertiary/aromatic N) is 1. The van der Waals surface area contributed by atoms with Crippen LogP contribution in [0, 0.1) is 18.3 Å². The van der Waals surface area contributed by atoms with Crippen LogP contribution in [-0.4, -0.2) is 25.0 Å². The molecule has 7 nitrogen and oxygen atoms in total. The standard InChI is InChI=1S/C27H23Cl2N3O4/c1-3-35-24-13-18(11-19(15-30)27(34)32-22-6-4-5-20(28)14-22)12-23(29)26(24)36-16-25(33)31-21-9-7-17(2)8-10-21/h4-14H,3,16H2,1-2H3,(H,31,33)(H,32,34)/b19-11+. The Hall–Kier alpha value is -3.99. The summed E-state index contributed by atoms with van der Waals surface area (Å²) in [5.74, 6) is -0.531. The molecule has 184 valence electrons. The van der Waals surface area contributed by atoms with Crippen molar-refractivity contribution in [1.29, 1.82) is 5.26 Å². The molecule has 3 aromatic carbocycles. The number of hydrogen-bond donors (Lipinski definition) is 2. The minimum atomic E-state index is -0.609. The van der Waals surface area contributed by atoms with Crippen molar-refractivity contribution < 1.29 is 19.1 Å². The number of anilines is 2. The molecule has 2 N–H and O–H groups in total. The maximum Gasteiger partial charge on any atom is 0.266 e. The highest BCUT2D eigenvalue weighted by Crippen LogP contribution is 2.37. The molecule has 0 saturated heterocycles. The Morgan fingerprint density at radius 1 is 1.00 bits per heavy atom. The Morgan fingerprint density at radius 2 is 1.75 bits per heavy atom. The van der Waals surface area contributed by atoms with E-state index < -0.39 is 5.91 Å². The fraction of sp³-hybridized carbons (Fsp3) is 0.148. The molecule has 9 heteroatoms. The molecule has 3 aromatic rings. The average molecular weight is 524 g/mol. The van der Waals surface area contributed by atoms with E-state index in [1.54, 1.807) is 49.4 Å². The van der Waals surface area contributed by atoms with Gasteiger partial charge in [-0.25, -0.2) is 0 Å². The topological polar surface area (TPSA) is 100 Å². The predicted octanol–water partition coefficient (Wildman–Crippen LogP) is 6.26. The number of rotatable bonds is 9. The van der Waals surface area contributed by atoms with E-state index in [4.69, 9.17) is 32.7 Å². The van der Waals surface area contributed by atoms with Crippen molar-refractivity contribution in [3.05, 3.63) is 87.4 Å². The summed E-state index contributed by atoms with van der Waals surface area (Å²) in [4.78, 5) is 24.9. The average Bonchev–Trinajstić information content (AvgIpc) is 2.83. The maximum absolute atomic E-state index is 12.6. The molecule has 0 aliphatic rings. The Kier molecular flexibility index (Phi) is 9.34. The van der Waals surface area contributed by atoms with Gasteiger partial charge < -0.3 is 20.1 Å². The molecular formula is C27H23Cl2N3O4. The van der Waals surface area contributed by atoms with Crippen LogP contribution in [0.2, 0.25) is 10.0 Å². The fourth-order valence-corrected chi connectivity index (χ4v) is 3.59. The van der Waals surface area contributed by atoms with Gasteiger partial charge in [-0.05, 0) is 68.0 Å². The van der Waals surface area contributed by atoms with E-state index in [1.165, 1.54) is 12.1 Å². The first-order chi connectivity index (χ1) is 17.3. The third-order valence-electron chi connectivity index (χ3n) is 4.77. The number of amides is 2. The van der Waals surface area contributed by atoms with Crippen molar-refractivity contribution in [3.8, 4) is 17.6 Å². The minimum Gasteiger partial charge on any atom is -0.490 e. The van der Waals surface area contributed by atoms with E-state index in [2.05, 4.69) is 10.6 Å². The third-order valence-corrected chi connectivity index (χ3v) is 5.29. The number of halogens is 2. The number of nitriles is 1. The summed E-state index contributed by atoms with van der Waals surface area (Å²) in [5, 5.41) is 15.5. The molecule has 0 spiro atoms. The number of hydrogen-bond acceptors (Lipinski definition) is 5. The summed E-state index contributed by atoms with van der Waals surface area (Å²) in [5.41, 5.74) is 2.46. The van der Waals surface area contributed by atoms with Gasteiger partial charge in [-0.15, -0.1) is 0 Å². The van der Waals surface area contributed by atoms with Gasteiger partial charge in [0.25, 0.3) is 11.8 Å². The maximum atomic E-state index is 12.6. The van der Waals surface area contributed by atoms with Gasteiger partial charge >= 0.3 is 0 Å². The zero-order chi connectivity index (χ0) is 26.1. The summed E-state index contributed by atoms with van der Waals surface area (Å²) in [6.45, 7) is 3.74. The van der Waals surface area contributed by atoms with Gasteiger partial charge in [0.15, 0.2) is 18.1 Å². The highest BCUT2D eigenvalue weighted by atomic mass is 35.5. The number of nitrogens with one attached hydrogen (secondary N) is 2. The van der Waals surface area contributed by atoms with Crippen molar-refractivity contribution in [2.24, 2.45) is 0 Å². The van der Waals surface area contributed by atoms with E-state index in [0.717, 1.165) is 5.56 Å². The molecule has 0 heterocycles. The van der Waals surface area contributed by atoms with Crippen LogP contribution >= 0.6 is 23.2 Å². The lowest BCUT2D eigenvalue weighted by atomic mass is 10.1. The van der Waals surface area contributed by atoms with Crippen molar-refractivity contribution >= 4 is 52.5 Å². The fourth-order valence-electron chi connectivity index (χ4n) is 3.13. The molecule has 0 radical (unpaired) electrons. The molecule has 0 aliphatic heterocycles. The first kappa shape index (κ1) is 26.6. The number of carbonyl (C=O) groups excluding carboxylic acids is 2. The summed E-state index contributed by atoms with van der Waals surface area (Å²) < 4.78 is 11.3. The summed E-state index contributed by atoms with van der Waals surface area (Å²) in [6.07, 6.45) is 1.38. The van der Waals surface area contributed by atoms with E-state index in [-0.39, 0.29) is 34.6 Å². The van der Waals surface area contributed by atoms with Gasteiger partial charge in [0.2, 0.25) is 0 Å². The Bertz CT molecular complexity index is 1330. The van der Waals surface area contributed by atoms with Gasteiger partial charge in [-0.2, -0.15) is 5.26 Å². The second-order valence-electron chi connectivity index (χ2n) is 7.60. The Labute approximate surface area is 219 Å². The summed E-state index contributed by atoms with van der Waals surface area (Å²) in [6, 6.07) is 18.9. The normalized spacial score (nSPS) is 10.8. The molecule has 0 fully saturated rings. The van der Waals surface area contributed by atoms with Crippen molar-refractivity contribution in [1.82, 2.24) is 0 Å². The second-order valence-corrected chi connectivity index (χ2v) is 8.44. The zero-order valence-electron chi connectivity index (χ0n) is 19.6. The van der Waals surface area contributed by atoms with Gasteiger partial charge in [-0.1, -0.05) is 47.0 Å². The number of carbonyl (C=O) groups is 2. The van der Waals surface area contributed by atoms with Crippen LogP contribution in [-0.2, 0) is 9.59 Å². The molecular weight excluding hydrogens is 501 g/mol. The molecule has 0 unspecified atom stereocenters. The first-order valence-corrected chi connectivity index (χ1v) is 11.7. The van der Waals surface area contributed by atoms with Crippen LogP contribution in [0.4, 0.5) is 11.4 Å². The van der Waals surface area contributed by atoms with E-state index in [9.17, 15) is 14.9 Å². The molecule has 0 aromatic heterocycles. The molecule has 2 amide bonds. The third kappa shape index (κ3) is 7.51. The summed E-state index contributed by atoms with van der Waals surface area (Å²) >= 11 is 12.4. The smallest absolute Gasteiger partial charge is 0.266 e. The quantitative estimate of drug-likeness (QED) is 0.254. The molecule has 0 saturated carbocycles. The van der Waals surface area contributed by atoms with Gasteiger partial charge in [-0.3, -0.25) is 9.59 Å². The zero-order valence-corrected chi connectivity index (χ0v) is 21.1. The van der Waals surface area contributed by atoms with E-state index in [0.29, 0.717) is 28.6 Å². The van der Waals surface area contributed by atoms with Crippen LogP contribution < -0.4 is 20.1 Å². The molecule has 0 aliphatic carbocycles. The first-order valence-electron chi connectivity index (χ1n) is 10.9. The lowest BCUT2D eigenvalue weighted by Gasteiger charge is -2.15. The highest BCUT2D eigenvalue weighted by molar-refractivity contribution is 6.32. The molecule has 0 bridgehead atoms. The van der Waals surface area contributed by atoms with Gasteiger partial charge in [0.05, 0.1) is 11.6 Å². The van der Waals surface area contributed by atoms with E-state index >= 15 is 0 Å². The minimum absolute atomic E-state index is 0.153. The predicted molar refractivity (Wildman–Crippen MR) is 142 cm³/mol. The number of aryl methyl sites for hydroxylation is 1. The van der Waals surface area contributed by atoms with Crippen LogP contribution in [0.1, 0.15) is 18.1 Å². The van der Waals surface area contributed by atoms with Crippen molar-refractivity contribution in [2.75, 3.05) is 23.8 Å². The SMILES string of the molecule is CCOc1cc(/C=C(\C#N)C(=O)Nc2cccc(Cl)c2)cc(Cl)c1OCC(=O)Nc1ccc(C)cc1.